The van der Waals surface area contributed by atoms with E-state index in [-0.39, 0.29) is 5.97 Å². The van der Waals surface area contributed by atoms with Crippen LogP contribution >= 0.6 is 11.6 Å². The Hall–Kier alpha value is -1.52. The number of aromatic amines is 1. The molecule has 2 aromatic rings. The van der Waals surface area contributed by atoms with E-state index in [0.717, 1.165) is 34.6 Å². The van der Waals surface area contributed by atoms with Crippen LogP contribution in [0, 0.1) is 0 Å². The highest BCUT2D eigenvalue weighted by molar-refractivity contribution is 6.36. The molecule has 0 unspecified atom stereocenters. The molecular weight excluding hydrogens is 276 g/mol. The highest BCUT2D eigenvalue weighted by atomic mass is 35.5. The standard InChI is InChI=1S/C15H19ClN2O2/c1-2-20-14(19)8-5-9-17-10-13-15(16)11-6-3-4-7-12(11)18-13/h3-4,6-7,17-18H,2,5,8-10H2,1H3. The summed E-state index contributed by atoms with van der Waals surface area (Å²) in [4.78, 5) is 14.5. The first-order valence-corrected chi connectivity index (χ1v) is 7.21. The van der Waals surface area contributed by atoms with Gasteiger partial charge in [-0.15, -0.1) is 0 Å². The number of benzene rings is 1. The summed E-state index contributed by atoms with van der Waals surface area (Å²) >= 11 is 6.32. The van der Waals surface area contributed by atoms with Crippen molar-refractivity contribution in [3.05, 3.63) is 35.0 Å². The van der Waals surface area contributed by atoms with E-state index >= 15 is 0 Å². The molecule has 0 aliphatic rings. The van der Waals surface area contributed by atoms with E-state index in [9.17, 15) is 4.79 Å². The van der Waals surface area contributed by atoms with Crippen LogP contribution in [-0.4, -0.2) is 24.1 Å². The Morgan fingerprint density at radius 3 is 2.95 bits per heavy atom. The summed E-state index contributed by atoms with van der Waals surface area (Å²) < 4.78 is 4.87. The van der Waals surface area contributed by atoms with Gasteiger partial charge in [-0.3, -0.25) is 4.79 Å². The van der Waals surface area contributed by atoms with Crippen LogP contribution in [0.1, 0.15) is 25.5 Å². The number of esters is 1. The molecule has 0 saturated carbocycles. The number of rotatable bonds is 7. The fourth-order valence-corrected chi connectivity index (χ4v) is 2.37. The lowest BCUT2D eigenvalue weighted by atomic mass is 10.2. The summed E-state index contributed by atoms with van der Waals surface area (Å²) in [6, 6.07) is 7.95. The van der Waals surface area contributed by atoms with Crippen molar-refractivity contribution in [1.29, 1.82) is 0 Å². The van der Waals surface area contributed by atoms with E-state index in [1.54, 1.807) is 0 Å². The van der Waals surface area contributed by atoms with Gasteiger partial charge in [0, 0.05) is 29.6 Å². The number of H-pyrrole nitrogens is 1. The summed E-state index contributed by atoms with van der Waals surface area (Å²) in [5.74, 6) is -0.141. The second-order valence-corrected chi connectivity index (χ2v) is 4.93. The van der Waals surface area contributed by atoms with Gasteiger partial charge in [0.15, 0.2) is 0 Å². The largest absolute Gasteiger partial charge is 0.466 e. The topological polar surface area (TPSA) is 54.1 Å². The number of hydrogen-bond acceptors (Lipinski definition) is 3. The third-order valence-corrected chi connectivity index (χ3v) is 3.49. The minimum atomic E-state index is -0.141. The molecule has 0 atom stereocenters. The number of ether oxygens (including phenoxy) is 1. The van der Waals surface area contributed by atoms with E-state index in [0.29, 0.717) is 19.6 Å². The molecule has 1 aromatic carbocycles. The number of aromatic nitrogens is 1. The lowest BCUT2D eigenvalue weighted by Crippen LogP contribution is -2.16. The molecule has 4 nitrogen and oxygen atoms in total. The fraction of sp³-hybridized carbons (Fsp3) is 0.400. The second-order valence-electron chi connectivity index (χ2n) is 4.55. The third kappa shape index (κ3) is 3.74. The Balaban J connectivity index is 1.79. The highest BCUT2D eigenvalue weighted by Crippen LogP contribution is 2.26. The van der Waals surface area contributed by atoms with Crippen LogP contribution in [0.5, 0.6) is 0 Å². The van der Waals surface area contributed by atoms with Crippen molar-refractivity contribution in [2.24, 2.45) is 0 Å². The molecule has 108 valence electrons. The van der Waals surface area contributed by atoms with E-state index in [2.05, 4.69) is 10.3 Å². The molecule has 0 aliphatic heterocycles. The first-order valence-electron chi connectivity index (χ1n) is 6.83. The van der Waals surface area contributed by atoms with Gasteiger partial charge < -0.3 is 15.0 Å². The quantitative estimate of drug-likeness (QED) is 0.609. The molecule has 0 bridgehead atoms. The SMILES string of the molecule is CCOC(=O)CCCNCc1[nH]c2ccccc2c1Cl. The number of halogens is 1. The average molecular weight is 295 g/mol. The first-order chi connectivity index (χ1) is 9.72. The average Bonchev–Trinajstić information content (AvgIpc) is 2.76. The third-order valence-electron chi connectivity index (χ3n) is 3.06. The van der Waals surface area contributed by atoms with Gasteiger partial charge in [-0.05, 0) is 26.0 Å². The Morgan fingerprint density at radius 1 is 1.40 bits per heavy atom. The molecule has 0 aliphatic carbocycles. The molecule has 0 saturated heterocycles. The molecule has 0 amide bonds. The summed E-state index contributed by atoms with van der Waals surface area (Å²) in [6.45, 7) is 3.67. The Kier molecular flexibility index (Phi) is 5.44. The van der Waals surface area contributed by atoms with Gasteiger partial charge >= 0.3 is 5.97 Å². The minimum absolute atomic E-state index is 0.141. The summed E-state index contributed by atoms with van der Waals surface area (Å²) in [6.07, 6.45) is 1.21. The molecule has 0 fully saturated rings. The Morgan fingerprint density at radius 2 is 2.20 bits per heavy atom. The highest BCUT2D eigenvalue weighted by Gasteiger charge is 2.08. The second kappa shape index (κ2) is 7.31. The number of carbonyl (C=O) groups is 1. The minimum Gasteiger partial charge on any atom is -0.466 e. The molecule has 5 heteroatoms. The van der Waals surface area contributed by atoms with Crippen molar-refractivity contribution in [2.75, 3.05) is 13.2 Å². The summed E-state index contributed by atoms with van der Waals surface area (Å²) in [7, 11) is 0. The van der Waals surface area contributed by atoms with Crippen molar-refractivity contribution >= 4 is 28.5 Å². The molecule has 0 spiro atoms. The number of nitrogens with one attached hydrogen (secondary N) is 2. The lowest BCUT2D eigenvalue weighted by molar-refractivity contribution is -0.143. The summed E-state index contributed by atoms with van der Waals surface area (Å²) in [5.41, 5.74) is 2.02. The van der Waals surface area contributed by atoms with Crippen LogP contribution in [0.25, 0.3) is 10.9 Å². The fourth-order valence-electron chi connectivity index (χ4n) is 2.09. The van der Waals surface area contributed by atoms with Gasteiger partial charge in [0.2, 0.25) is 0 Å². The molecule has 2 N–H and O–H groups in total. The molecule has 1 heterocycles. The van der Waals surface area contributed by atoms with Gasteiger partial charge in [-0.2, -0.15) is 0 Å². The van der Waals surface area contributed by atoms with Crippen LogP contribution in [0.4, 0.5) is 0 Å². The van der Waals surface area contributed by atoms with Gasteiger partial charge in [0.25, 0.3) is 0 Å². The zero-order valence-corrected chi connectivity index (χ0v) is 12.3. The summed E-state index contributed by atoms with van der Waals surface area (Å²) in [5, 5.41) is 5.08. The van der Waals surface area contributed by atoms with E-state index in [1.165, 1.54) is 0 Å². The predicted molar refractivity (Wildman–Crippen MR) is 80.9 cm³/mol. The smallest absolute Gasteiger partial charge is 0.305 e. The van der Waals surface area contributed by atoms with Gasteiger partial charge in [0.05, 0.1) is 11.6 Å². The number of carbonyl (C=O) groups excluding carboxylic acids is 1. The number of para-hydroxylation sites is 1. The Bertz CT molecular complexity index is 580. The van der Waals surface area contributed by atoms with Crippen molar-refractivity contribution in [3.8, 4) is 0 Å². The van der Waals surface area contributed by atoms with E-state index < -0.39 is 0 Å². The molecule has 0 radical (unpaired) electrons. The van der Waals surface area contributed by atoms with Gasteiger partial charge in [-0.1, -0.05) is 29.8 Å². The maximum Gasteiger partial charge on any atom is 0.305 e. The molecule has 20 heavy (non-hydrogen) atoms. The van der Waals surface area contributed by atoms with Crippen LogP contribution < -0.4 is 5.32 Å². The maximum absolute atomic E-state index is 11.2. The van der Waals surface area contributed by atoms with Crippen molar-refractivity contribution in [1.82, 2.24) is 10.3 Å². The molecule has 1 aromatic heterocycles. The first kappa shape index (κ1) is 14.9. The van der Waals surface area contributed by atoms with Crippen LogP contribution in [0.2, 0.25) is 5.02 Å². The number of fused-ring (bicyclic) bond motifs is 1. The van der Waals surface area contributed by atoms with E-state index in [1.807, 2.05) is 31.2 Å². The predicted octanol–water partition coefficient (Wildman–Crippen LogP) is 3.25. The lowest BCUT2D eigenvalue weighted by Gasteiger charge is -2.04. The zero-order chi connectivity index (χ0) is 14.4. The maximum atomic E-state index is 11.2. The normalized spacial score (nSPS) is 10.9. The van der Waals surface area contributed by atoms with Gasteiger partial charge in [0.1, 0.15) is 0 Å². The number of hydrogen-bond donors (Lipinski definition) is 2. The molecular formula is C15H19ClN2O2. The monoisotopic (exact) mass is 294 g/mol. The van der Waals surface area contributed by atoms with Crippen LogP contribution in [0.3, 0.4) is 0 Å². The van der Waals surface area contributed by atoms with Crippen LogP contribution in [-0.2, 0) is 16.1 Å². The van der Waals surface area contributed by atoms with Crippen molar-refractivity contribution < 1.29 is 9.53 Å². The van der Waals surface area contributed by atoms with Gasteiger partial charge in [-0.25, -0.2) is 0 Å². The molecule has 2 rings (SSSR count). The van der Waals surface area contributed by atoms with E-state index in [4.69, 9.17) is 16.3 Å². The van der Waals surface area contributed by atoms with Crippen molar-refractivity contribution in [2.45, 2.75) is 26.3 Å². The zero-order valence-electron chi connectivity index (χ0n) is 11.5. The van der Waals surface area contributed by atoms with Crippen LogP contribution in [0.15, 0.2) is 24.3 Å². The van der Waals surface area contributed by atoms with Crippen molar-refractivity contribution in [3.63, 3.8) is 0 Å². The Labute approximate surface area is 123 Å².